The molecule has 0 spiro atoms. The van der Waals surface area contributed by atoms with Crippen molar-refractivity contribution in [3.63, 3.8) is 0 Å². The first-order valence-corrected chi connectivity index (χ1v) is 10.8. The molecule has 2 aromatic carbocycles. The van der Waals surface area contributed by atoms with Crippen molar-refractivity contribution in [3.8, 4) is 5.69 Å². The van der Waals surface area contributed by atoms with E-state index in [9.17, 15) is 4.79 Å². The fourth-order valence-electron chi connectivity index (χ4n) is 3.12. The summed E-state index contributed by atoms with van der Waals surface area (Å²) in [6, 6.07) is 15.6. The maximum atomic E-state index is 12.5. The molecule has 0 aliphatic carbocycles. The Morgan fingerprint density at radius 1 is 1.21 bits per heavy atom. The van der Waals surface area contributed by atoms with E-state index in [-0.39, 0.29) is 5.76 Å². The van der Waals surface area contributed by atoms with Crippen molar-refractivity contribution >= 4 is 61.6 Å². The Morgan fingerprint density at radius 3 is 2.86 bits per heavy atom. The first kappa shape index (κ1) is 19.9. The zero-order valence-electron chi connectivity index (χ0n) is 15.7. The molecular formula is C22H17BrIN3O2. The molecule has 0 saturated carbocycles. The molecule has 0 radical (unpaired) electrons. The number of nitrogens with zero attached hydrogens (tertiary/aromatic N) is 2. The maximum Gasteiger partial charge on any atom is 0.307 e. The number of aromatic nitrogens is 1. The van der Waals surface area contributed by atoms with Crippen LogP contribution < -0.4 is 5.43 Å². The van der Waals surface area contributed by atoms with Crippen LogP contribution in [0.2, 0.25) is 0 Å². The molecule has 1 amide bonds. The van der Waals surface area contributed by atoms with Crippen molar-refractivity contribution in [3.05, 3.63) is 85.4 Å². The number of hydrogen-bond acceptors (Lipinski definition) is 3. The Labute approximate surface area is 190 Å². The Kier molecular flexibility index (Phi) is 5.60. The van der Waals surface area contributed by atoms with Crippen LogP contribution in [0.15, 0.2) is 68.7 Å². The summed E-state index contributed by atoms with van der Waals surface area (Å²) < 4.78 is 9.62. The van der Waals surface area contributed by atoms with E-state index < -0.39 is 5.91 Å². The summed E-state index contributed by atoms with van der Waals surface area (Å²) in [5, 5.41) is 4.98. The van der Waals surface area contributed by atoms with Crippen molar-refractivity contribution in [2.45, 2.75) is 13.8 Å². The molecule has 4 rings (SSSR count). The zero-order valence-corrected chi connectivity index (χ0v) is 19.5. The summed E-state index contributed by atoms with van der Waals surface area (Å²) in [4.78, 5) is 12.5. The summed E-state index contributed by atoms with van der Waals surface area (Å²) in [7, 11) is 0. The molecule has 2 heterocycles. The number of nitrogens with one attached hydrogen (secondary N) is 1. The van der Waals surface area contributed by atoms with Gasteiger partial charge < -0.3 is 8.98 Å². The zero-order chi connectivity index (χ0) is 20.5. The van der Waals surface area contributed by atoms with Crippen LogP contribution in [-0.2, 0) is 0 Å². The van der Waals surface area contributed by atoms with Gasteiger partial charge in [0.2, 0.25) is 0 Å². The van der Waals surface area contributed by atoms with E-state index in [0.29, 0.717) is 5.58 Å². The quantitative estimate of drug-likeness (QED) is 0.189. The van der Waals surface area contributed by atoms with E-state index in [1.54, 1.807) is 12.3 Å². The molecule has 0 unspecified atom stereocenters. The van der Waals surface area contributed by atoms with Crippen LogP contribution in [0.4, 0.5) is 0 Å². The van der Waals surface area contributed by atoms with E-state index in [1.165, 1.54) is 11.1 Å². The number of hydrogen-bond donors (Lipinski definition) is 1. The molecule has 0 atom stereocenters. The second-order valence-corrected chi connectivity index (χ2v) is 8.72. The minimum absolute atomic E-state index is 0.220. The summed E-state index contributed by atoms with van der Waals surface area (Å²) >= 11 is 5.64. The second-order valence-electron chi connectivity index (χ2n) is 6.64. The molecule has 0 aliphatic heterocycles. The number of furan rings is 1. The van der Waals surface area contributed by atoms with Crippen molar-refractivity contribution in [2.24, 2.45) is 5.10 Å². The van der Waals surface area contributed by atoms with Gasteiger partial charge in [-0.05, 0) is 84.0 Å². The summed E-state index contributed by atoms with van der Waals surface area (Å²) in [5.74, 6) is -0.174. The number of rotatable bonds is 4. The van der Waals surface area contributed by atoms with Crippen LogP contribution in [0.5, 0.6) is 0 Å². The molecule has 0 aliphatic rings. The molecule has 0 fully saturated rings. The van der Waals surface area contributed by atoms with Gasteiger partial charge in [-0.3, -0.25) is 4.79 Å². The largest absolute Gasteiger partial charge is 0.450 e. The first-order valence-electron chi connectivity index (χ1n) is 8.90. The third kappa shape index (κ3) is 4.02. The number of carbonyl (C=O) groups is 1. The first-order chi connectivity index (χ1) is 13.9. The standard InChI is InChI=1S/C22H17BrIN3O2/c1-13-5-3-7-19(14(13)2)27-8-4-6-17(27)12-25-26-22(28)20-10-15-9-16(23)11-18(24)21(15)29-20/h3-12H,1-2H3,(H,26,28)/b25-12-. The Hall–Kier alpha value is -2.39. The van der Waals surface area contributed by atoms with Crippen LogP contribution in [0.1, 0.15) is 27.4 Å². The van der Waals surface area contributed by atoms with Crippen LogP contribution in [0.25, 0.3) is 16.7 Å². The van der Waals surface area contributed by atoms with E-state index in [0.717, 1.165) is 24.8 Å². The number of hydrazone groups is 1. The average molecular weight is 562 g/mol. The van der Waals surface area contributed by atoms with Crippen LogP contribution in [-0.4, -0.2) is 16.7 Å². The Balaban J connectivity index is 1.54. The topological polar surface area (TPSA) is 59.5 Å². The number of fused-ring (bicyclic) bond motifs is 1. The molecule has 29 heavy (non-hydrogen) atoms. The lowest BCUT2D eigenvalue weighted by Crippen LogP contribution is -2.17. The lowest BCUT2D eigenvalue weighted by Gasteiger charge is -2.11. The summed E-state index contributed by atoms with van der Waals surface area (Å²) in [6.07, 6.45) is 3.60. The van der Waals surface area contributed by atoms with Gasteiger partial charge in [0.1, 0.15) is 5.58 Å². The predicted molar refractivity (Wildman–Crippen MR) is 127 cm³/mol. The molecule has 5 nitrogen and oxygen atoms in total. The van der Waals surface area contributed by atoms with Crippen LogP contribution in [0.3, 0.4) is 0 Å². The highest BCUT2D eigenvalue weighted by atomic mass is 127. The highest BCUT2D eigenvalue weighted by Gasteiger charge is 2.14. The maximum absolute atomic E-state index is 12.5. The lowest BCUT2D eigenvalue weighted by molar-refractivity contribution is 0.0929. The van der Waals surface area contributed by atoms with Gasteiger partial charge in [0, 0.05) is 21.7 Å². The lowest BCUT2D eigenvalue weighted by atomic mass is 10.1. The summed E-state index contributed by atoms with van der Waals surface area (Å²) in [5.41, 5.74) is 7.60. The van der Waals surface area contributed by atoms with Gasteiger partial charge in [0.25, 0.3) is 0 Å². The second kappa shape index (κ2) is 8.16. The van der Waals surface area contributed by atoms with E-state index >= 15 is 0 Å². The molecule has 0 saturated heterocycles. The van der Waals surface area contributed by atoms with Gasteiger partial charge in [-0.1, -0.05) is 28.1 Å². The molecule has 4 aromatic rings. The number of aryl methyl sites for hydroxylation is 1. The van der Waals surface area contributed by atoms with Crippen molar-refractivity contribution in [1.29, 1.82) is 0 Å². The summed E-state index contributed by atoms with van der Waals surface area (Å²) in [6.45, 7) is 4.18. The monoisotopic (exact) mass is 561 g/mol. The highest BCUT2D eigenvalue weighted by molar-refractivity contribution is 14.1. The molecule has 146 valence electrons. The fraction of sp³-hybridized carbons (Fsp3) is 0.0909. The highest BCUT2D eigenvalue weighted by Crippen LogP contribution is 2.28. The number of benzene rings is 2. The van der Waals surface area contributed by atoms with E-state index in [4.69, 9.17) is 4.42 Å². The molecule has 2 aromatic heterocycles. The fourth-order valence-corrected chi connectivity index (χ4v) is 4.78. The normalized spacial score (nSPS) is 11.4. The van der Waals surface area contributed by atoms with Crippen molar-refractivity contribution in [2.75, 3.05) is 0 Å². The van der Waals surface area contributed by atoms with Gasteiger partial charge in [-0.25, -0.2) is 5.43 Å². The number of amides is 1. The average Bonchev–Trinajstić information content (AvgIpc) is 3.31. The van der Waals surface area contributed by atoms with Gasteiger partial charge in [-0.2, -0.15) is 5.10 Å². The van der Waals surface area contributed by atoms with Gasteiger partial charge in [0.05, 0.1) is 15.5 Å². The van der Waals surface area contributed by atoms with Gasteiger partial charge in [-0.15, -0.1) is 0 Å². The predicted octanol–water partition coefficient (Wildman–Crippen LogP) is 5.97. The minimum atomic E-state index is -0.394. The Bertz CT molecular complexity index is 1260. The van der Waals surface area contributed by atoms with E-state index in [1.807, 2.05) is 41.1 Å². The van der Waals surface area contributed by atoms with Crippen molar-refractivity contribution in [1.82, 2.24) is 9.99 Å². The minimum Gasteiger partial charge on any atom is -0.450 e. The molecule has 0 bridgehead atoms. The van der Waals surface area contributed by atoms with E-state index in [2.05, 4.69) is 75.0 Å². The number of carbonyl (C=O) groups excluding carboxylic acids is 1. The smallest absolute Gasteiger partial charge is 0.307 e. The number of halogens is 2. The van der Waals surface area contributed by atoms with Crippen LogP contribution >= 0.6 is 38.5 Å². The third-order valence-corrected chi connectivity index (χ3v) is 6.00. The van der Waals surface area contributed by atoms with Gasteiger partial charge in [0.15, 0.2) is 5.76 Å². The SMILES string of the molecule is Cc1cccc(-n2cccc2/C=N\NC(=O)c2cc3cc(Br)cc(I)c3o2)c1C. The molecular weight excluding hydrogens is 545 g/mol. The molecule has 1 N–H and O–H groups in total. The Morgan fingerprint density at radius 2 is 2.03 bits per heavy atom. The third-order valence-electron chi connectivity index (χ3n) is 4.74. The molecule has 7 heteroatoms. The van der Waals surface area contributed by atoms with Gasteiger partial charge >= 0.3 is 5.91 Å². The van der Waals surface area contributed by atoms with Crippen LogP contribution in [0, 0.1) is 17.4 Å². The van der Waals surface area contributed by atoms with Crippen molar-refractivity contribution < 1.29 is 9.21 Å².